The summed E-state index contributed by atoms with van der Waals surface area (Å²) in [5.74, 6) is 6.17. The molecule has 1 saturated carbocycles. The minimum Gasteiger partial charge on any atom is -0.0999 e. The van der Waals surface area contributed by atoms with Gasteiger partial charge in [0, 0.05) is 0 Å². The molecule has 0 nitrogen and oxygen atoms in total. The van der Waals surface area contributed by atoms with Gasteiger partial charge in [0.15, 0.2) is 0 Å². The van der Waals surface area contributed by atoms with E-state index in [1.807, 2.05) is 0 Å². The highest BCUT2D eigenvalue weighted by Gasteiger charge is 2.41. The highest BCUT2D eigenvalue weighted by molar-refractivity contribution is 4.98. The molecule has 0 aliphatic heterocycles. The van der Waals surface area contributed by atoms with Gasteiger partial charge in [0.25, 0.3) is 0 Å². The second-order valence-corrected chi connectivity index (χ2v) is 10.5. The van der Waals surface area contributed by atoms with E-state index in [1.165, 1.54) is 62.5 Å². The molecule has 5 atom stereocenters. The second-order valence-electron chi connectivity index (χ2n) is 10.5. The van der Waals surface area contributed by atoms with Crippen molar-refractivity contribution in [2.24, 2.45) is 41.4 Å². The summed E-state index contributed by atoms with van der Waals surface area (Å²) in [5.41, 5.74) is 2.86. The Morgan fingerprint density at radius 3 is 2.00 bits per heavy atom. The number of rotatable bonds is 12. The molecule has 0 heterocycles. The molecule has 0 N–H and O–H groups in total. The lowest BCUT2D eigenvalue weighted by Crippen LogP contribution is -2.40. The van der Waals surface area contributed by atoms with E-state index in [4.69, 9.17) is 0 Å². The molecule has 0 aromatic heterocycles. The first-order valence-electron chi connectivity index (χ1n) is 12.0. The lowest BCUT2D eigenvalue weighted by molar-refractivity contribution is 0.0150. The van der Waals surface area contributed by atoms with Crippen molar-refractivity contribution >= 4 is 0 Å². The Balaban J connectivity index is 2.53. The number of allylic oxidation sites excluding steroid dienone is 2. The smallest absolute Gasteiger partial charge is 0.0320 e. The van der Waals surface area contributed by atoms with E-state index in [9.17, 15) is 0 Å². The van der Waals surface area contributed by atoms with Gasteiger partial charge in [-0.3, -0.25) is 0 Å². The van der Waals surface area contributed by atoms with Gasteiger partial charge in [0.05, 0.1) is 0 Å². The maximum atomic E-state index is 4.37. The molecule has 1 rings (SSSR count). The fraction of sp³-hybridized carbons (Fsp3) is 0.852. The molecular weight excluding hydrogens is 324 g/mol. The van der Waals surface area contributed by atoms with E-state index in [0.29, 0.717) is 0 Å². The molecule has 0 saturated heterocycles. The lowest BCUT2D eigenvalue weighted by Gasteiger charge is -2.48. The molecule has 158 valence electrons. The lowest BCUT2D eigenvalue weighted by atomic mass is 9.58. The molecule has 27 heavy (non-hydrogen) atoms. The minimum absolute atomic E-state index is 0.815. The van der Waals surface area contributed by atoms with E-state index in [-0.39, 0.29) is 0 Å². The van der Waals surface area contributed by atoms with Crippen LogP contribution in [0.3, 0.4) is 0 Å². The van der Waals surface area contributed by atoms with Crippen LogP contribution in [0.5, 0.6) is 0 Å². The maximum absolute atomic E-state index is 4.37. The summed E-state index contributed by atoms with van der Waals surface area (Å²) >= 11 is 0. The predicted octanol–water partition coefficient (Wildman–Crippen LogP) is 9.08. The first-order valence-corrected chi connectivity index (χ1v) is 12.0. The van der Waals surface area contributed by atoms with Crippen molar-refractivity contribution in [2.45, 2.75) is 106 Å². The summed E-state index contributed by atoms with van der Waals surface area (Å²) in [7, 11) is 0. The van der Waals surface area contributed by atoms with Crippen molar-refractivity contribution in [2.75, 3.05) is 0 Å². The molecular formula is C27H50. The van der Waals surface area contributed by atoms with Crippen molar-refractivity contribution in [1.29, 1.82) is 0 Å². The third-order valence-electron chi connectivity index (χ3n) is 7.54. The van der Waals surface area contributed by atoms with Gasteiger partial charge >= 0.3 is 0 Å². The third kappa shape index (κ3) is 8.16. The molecule has 0 radical (unpaired) electrons. The van der Waals surface area contributed by atoms with Crippen molar-refractivity contribution in [3.05, 3.63) is 24.3 Å². The summed E-state index contributed by atoms with van der Waals surface area (Å²) in [6, 6.07) is 0. The van der Waals surface area contributed by atoms with Crippen molar-refractivity contribution in [3.63, 3.8) is 0 Å². The van der Waals surface area contributed by atoms with E-state index in [0.717, 1.165) is 47.8 Å². The van der Waals surface area contributed by atoms with Gasteiger partial charge in [-0.25, -0.2) is 0 Å². The van der Waals surface area contributed by atoms with Crippen LogP contribution in [0.1, 0.15) is 106 Å². The highest BCUT2D eigenvalue weighted by atomic mass is 14.5. The number of hydrogen-bond donors (Lipinski definition) is 0. The Labute approximate surface area is 172 Å². The summed E-state index contributed by atoms with van der Waals surface area (Å²) < 4.78 is 0. The zero-order chi connectivity index (χ0) is 20.6. The average molecular weight is 375 g/mol. The Bertz CT molecular complexity index is 439. The quantitative estimate of drug-likeness (QED) is 0.299. The Kier molecular flexibility index (Phi) is 11.0. The summed E-state index contributed by atoms with van der Waals surface area (Å²) in [4.78, 5) is 0. The van der Waals surface area contributed by atoms with Gasteiger partial charge in [0.2, 0.25) is 0 Å². The van der Waals surface area contributed by atoms with Gasteiger partial charge in [-0.1, -0.05) is 72.8 Å². The van der Waals surface area contributed by atoms with Crippen LogP contribution in [0.2, 0.25) is 0 Å². The summed E-state index contributed by atoms with van der Waals surface area (Å²) in [5, 5.41) is 0. The Morgan fingerprint density at radius 2 is 1.44 bits per heavy atom. The van der Waals surface area contributed by atoms with Crippen LogP contribution in [-0.2, 0) is 0 Å². The van der Waals surface area contributed by atoms with Crippen LogP contribution in [0.4, 0.5) is 0 Å². The zero-order valence-corrected chi connectivity index (χ0v) is 19.8. The van der Waals surface area contributed by atoms with Crippen LogP contribution in [0.15, 0.2) is 24.3 Å². The van der Waals surface area contributed by atoms with Crippen LogP contribution >= 0.6 is 0 Å². The highest BCUT2D eigenvalue weighted by Crippen LogP contribution is 2.48. The standard InChI is InChI=1S/C27H50/c1-10-21(6)13-11-14-22(7)15-12-16-25-18-26(17-19(2)3)23(8)24(9)27(25)20(4)5/h19-20,23-27H,6-7,10-18H2,1-5,8-9H3/t23?,24-,25?,26-,27+/m1/s1. The molecule has 0 aromatic rings. The molecule has 0 bridgehead atoms. The van der Waals surface area contributed by atoms with Gasteiger partial charge < -0.3 is 0 Å². The molecule has 1 fully saturated rings. The van der Waals surface area contributed by atoms with Crippen molar-refractivity contribution in [3.8, 4) is 0 Å². The topological polar surface area (TPSA) is 0 Å². The van der Waals surface area contributed by atoms with Gasteiger partial charge in [-0.2, -0.15) is 0 Å². The normalized spacial score (nSPS) is 28.7. The second kappa shape index (κ2) is 12.1. The fourth-order valence-electron chi connectivity index (χ4n) is 5.85. The minimum atomic E-state index is 0.815. The molecule has 2 unspecified atom stereocenters. The zero-order valence-electron chi connectivity index (χ0n) is 19.8. The molecule has 0 aromatic carbocycles. The van der Waals surface area contributed by atoms with Gasteiger partial charge in [0.1, 0.15) is 0 Å². The predicted molar refractivity (Wildman–Crippen MR) is 124 cm³/mol. The summed E-state index contributed by atoms with van der Waals surface area (Å²) in [6.07, 6.45) is 11.6. The van der Waals surface area contributed by atoms with Gasteiger partial charge in [-0.15, -0.1) is 0 Å². The van der Waals surface area contributed by atoms with E-state index >= 15 is 0 Å². The molecule has 1 aliphatic rings. The summed E-state index contributed by atoms with van der Waals surface area (Å²) in [6.45, 7) is 25.5. The SMILES string of the molecule is C=C(CC)CCCC(=C)CCCC1C[C@@H](CC(C)C)C(C)[C@@H](C)[C@@H]1C(C)C. The largest absolute Gasteiger partial charge is 0.0999 e. The van der Waals surface area contributed by atoms with Crippen LogP contribution in [0.25, 0.3) is 0 Å². The average Bonchev–Trinajstić information content (AvgIpc) is 2.58. The Morgan fingerprint density at radius 1 is 0.852 bits per heavy atom. The van der Waals surface area contributed by atoms with Crippen LogP contribution in [-0.4, -0.2) is 0 Å². The molecule has 1 aliphatic carbocycles. The van der Waals surface area contributed by atoms with Crippen molar-refractivity contribution in [1.82, 2.24) is 0 Å². The molecule has 0 amide bonds. The monoisotopic (exact) mass is 374 g/mol. The van der Waals surface area contributed by atoms with Crippen molar-refractivity contribution < 1.29 is 0 Å². The van der Waals surface area contributed by atoms with Crippen LogP contribution in [0, 0.1) is 41.4 Å². The third-order valence-corrected chi connectivity index (χ3v) is 7.54. The first kappa shape index (κ1) is 24.5. The first-order chi connectivity index (χ1) is 12.7. The molecule has 0 heteroatoms. The van der Waals surface area contributed by atoms with E-state index < -0.39 is 0 Å². The molecule has 0 spiro atoms. The van der Waals surface area contributed by atoms with E-state index in [2.05, 4.69) is 61.6 Å². The van der Waals surface area contributed by atoms with E-state index in [1.54, 1.807) is 0 Å². The Hall–Kier alpha value is -0.520. The fourth-order valence-corrected chi connectivity index (χ4v) is 5.85. The van der Waals surface area contributed by atoms with Gasteiger partial charge in [-0.05, 0) is 99.2 Å². The number of hydrogen-bond acceptors (Lipinski definition) is 0. The maximum Gasteiger partial charge on any atom is -0.0320 e. The van der Waals surface area contributed by atoms with Crippen LogP contribution < -0.4 is 0 Å².